The van der Waals surface area contributed by atoms with Crippen molar-refractivity contribution < 1.29 is 9.53 Å². The first-order valence-electron chi connectivity index (χ1n) is 2.85. The van der Waals surface area contributed by atoms with Gasteiger partial charge in [-0.15, -0.1) is 6.42 Å². The molecule has 0 aromatic carbocycles. The summed E-state index contributed by atoms with van der Waals surface area (Å²) in [5, 5.41) is 2.39. The first-order chi connectivity index (χ1) is 4.81. The van der Waals surface area contributed by atoms with Crippen molar-refractivity contribution in [1.29, 1.82) is 0 Å². The summed E-state index contributed by atoms with van der Waals surface area (Å²) in [4.78, 5) is 10.5. The Labute approximate surface area is 59.7 Å². The lowest BCUT2D eigenvalue weighted by Gasteiger charge is -2.00. The van der Waals surface area contributed by atoms with Gasteiger partial charge in [-0.05, 0) is 0 Å². The highest BCUT2D eigenvalue weighted by molar-refractivity contribution is 5.67. The van der Waals surface area contributed by atoms with Crippen LogP contribution in [0.15, 0.2) is 0 Å². The number of nitrogens with one attached hydrogen (secondary N) is 1. The molecule has 0 aromatic heterocycles. The minimum absolute atomic E-state index is 0.00357. The smallest absolute Gasteiger partial charge is 0.408 e. The molecule has 4 nitrogen and oxygen atoms in total. The van der Waals surface area contributed by atoms with Crippen LogP contribution in [0.5, 0.6) is 0 Å². The average Bonchev–Trinajstić information content (AvgIpc) is 1.97. The lowest BCUT2D eigenvalue weighted by atomic mass is 10.6. The van der Waals surface area contributed by atoms with E-state index in [2.05, 4.69) is 16.0 Å². The molecule has 0 saturated carbocycles. The Morgan fingerprint density at radius 1 is 1.80 bits per heavy atom. The molecule has 56 valence electrons. The Hall–Kier alpha value is -1.21. The molecule has 10 heavy (non-hydrogen) atoms. The van der Waals surface area contributed by atoms with Crippen LogP contribution in [0.1, 0.15) is 0 Å². The van der Waals surface area contributed by atoms with Crippen LogP contribution in [0.4, 0.5) is 4.79 Å². The highest BCUT2D eigenvalue weighted by atomic mass is 16.5. The number of hydrogen-bond acceptors (Lipinski definition) is 3. The predicted molar refractivity (Wildman–Crippen MR) is 37.2 cm³/mol. The van der Waals surface area contributed by atoms with Crippen molar-refractivity contribution in [2.24, 2.45) is 5.73 Å². The van der Waals surface area contributed by atoms with Gasteiger partial charge in [0, 0.05) is 13.1 Å². The third-order valence-corrected chi connectivity index (χ3v) is 0.700. The number of nitrogens with two attached hydrogens (primary N) is 1. The number of ether oxygens (including phenoxy) is 1. The molecule has 0 radical (unpaired) electrons. The van der Waals surface area contributed by atoms with Crippen LogP contribution in [0.2, 0.25) is 0 Å². The van der Waals surface area contributed by atoms with Crippen molar-refractivity contribution in [3.05, 3.63) is 0 Å². The molecule has 1 amide bonds. The second-order valence-corrected chi connectivity index (χ2v) is 1.50. The van der Waals surface area contributed by atoms with E-state index in [4.69, 9.17) is 12.2 Å². The molecule has 0 atom stereocenters. The fraction of sp³-hybridized carbons (Fsp3) is 0.500. The maximum absolute atomic E-state index is 10.5. The van der Waals surface area contributed by atoms with Gasteiger partial charge in [0.05, 0.1) is 0 Å². The fourth-order valence-corrected chi connectivity index (χ4v) is 0.332. The van der Waals surface area contributed by atoms with Crippen molar-refractivity contribution in [3.8, 4) is 12.3 Å². The van der Waals surface area contributed by atoms with E-state index >= 15 is 0 Å². The Bertz CT molecular complexity index is 139. The lowest BCUT2D eigenvalue weighted by Crippen LogP contribution is -2.29. The summed E-state index contributed by atoms with van der Waals surface area (Å²) in [6.45, 7) is 0.797. The van der Waals surface area contributed by atoms with Gasteiger partial charge in [-0.2, -0.15) is 0 Å². The summed E-state index contributed by atoms with van der Waals surface area (Å²) in [6, 6.07) is 0. The van der Waals surface area contributed by atoms with E-state index in [0.717, 1.165) is 0 Å². The van der Waals surface area contributed by atoms with Gasteiger partial charge in [-0.3, -0.25) is 0 Å². The van der Waals surface area contributed by atoms with E-state index < -0.39 is 6.09 Å². The minimum Gasteiger partial charge on any atom is -0.436 e. The second kappa shape index (κ2) is 5.92. The zero-order valence-electron chi connectivity index (χ0n) is 5.59. The summed E-state index contributed by atoms with van der Waals surface area (Å²) in [7, 11) is 0. The van der Waals surface area contributed by atoms with Gasteiger partial charge in [-0.25, -0.2) is 4.79 Å². The highest BCUT2D eigenvalue weighted by Gasteiger charge is 1.95. The Morgan fingerprint density at radius 2 is 2.50 bits per heavy atom. The van der Waals surface area contributed by atoms with Crippen LogP contribution in [0, 0.1) is 12.3 Å². The summed E-state index contributed by atoms with van der Waals surface area (Å²) >= 11 is 0. The van der Waals surface area contributed by atoms with Crippen LogP contribution in [-0.2, 0) is 4.74 Å². The number of hydrogen-bond donors (Lipinski definition) is 2. The van der Waals surface area contributed by atoms with Gasteiger partial charge in [-0.1, -0.05) is 5.92 Å². The van der Waals surface area contributed by atoms with Gasteiger partial charge >= 0.3 is 6.09 Å². The largest absolute Gasteiger partial charge is 0.436 e. The summed E-state index contributed by atoms with van der Waals surface area (Å²) < 4.78 is 4.45. The molecule has 0 spiro atoms. The number of terminal acetylenes is 1. The molecule has 0 rings (SSSR count). The Morgan fingerprint density at radius 3 is 3.00 bits per heavy atom. The van der Waals surface area contributed by atoms with E-state index in [9.17, 15) is 4.79 Å². The molecule has 0 aromatic rings. The third kappa shape index (κ3) is 4.94. The number of amides is 1. The van der Waals surface area contributed by atoms with Crippen molar-refractivity contribution in [2.75, 3.05) is 19.7 Å². The predicted octanol–water partition coefficient (Wildman–Crippen LogP) is -0.695. The van der Waals surface area contributed by atoms with Gasteiger partial charge in [0.2, 0.25) is 0 Å². The first kappa shape index (κ1) is 8.79. The number of rotatable bonds is 3. The topological polar surface area (TPSA) is 64.3 Å². The molecule has 0 heterocycles. The SMILES string of the molecule is C#CCOC(=O)NCCN. The molecule has 0 aliphatic carbocycles. The monoisotopic (exact) mass is 142 g/mol. The lowest BCUT2D eigenvalue weighted by molar-refractivity contribution is 0.160. The highest BCUT2D eigenvalue weighted by Crippen LogP contribution is 1.73. The summed E-state index contributed by atoms with van der Waals surface area (Å²) in [6.07, 6.45) is 4.30. The zero-order valence-corrected chi connectivity index (χ0v) is 5.59. The van der Waals surface area contributed by atoms with E-state index in [0.29, 0.717) is 13.1 Å². The van der Waals surface area contributed by atoms with Gasteiger partial charge in [0.25, 0.3) is 0 Å². The number of carbonyl (C=O) groups is 1. The Balaban J connectivity index is 3.19. The second-order valence-electron chi connectivity index (χ2n) is 1.50. The van der Waals surface area contributed by atoms with Crippen molar-refractivity contribution in [1.82, 2.24) is 5.32 Å². The molecule has 0 bridgehead atoms. The van der Waals surface area contributed by atoms with Crippen molar-refractivity contribution in [3.63, 3.8) is 0 Å². The van der Waals surface area contributed by atoms with E-state index in [1.165, 1.54) is 0 Å². The Kier molecular flexibility index (Phi) is 5.20. The van der Waals surface area contributed by atoms with E-state index in [-0.39, 0.29) is 6.61 Å². The summed E-state index contributed by atoms with van der Waals surface area (Å²) in [5.41, 5.74) is 5.09. The van der Waals surface area contributed by atoms with Crippen LogP contribution in [0.25, 0.3) is 0 Å². The van der Waals surface area contributed by atoms with Gasteiger partial charge < -0.3 is 15.8 Å². The molecule has 0 unspecified atom stereocenters. The molecule has 3 N–H and O–H groups in total. The quantitative estimate of drug-likeness (QED) is 0.512. The van der Waals surface area contributed by atoms with Crippen molar-refractivity contribution >= 4 is 6.09 Å². The minimum atomic E-state index is -0.525. The standard InChI is InChI=1S/C6H10N2O2/c1-2-5-10-6(9)8-4-3-7/h1H,3-5,7H2,(H,8,9). The molecule has 0 aliphatic rings. The normalized spacial score (nSPS) is 8.00. The van der Waals surface area contributed by atoms with E-state index in [1.807, 2.05) is 0 Å². The number of carbonyl (C=O) groups excluding carboxylic acids is 1. The maximum atomic E-state index is 10.5. The molecule has 4 heteroatoms. The van der Waals surface area contributed by atoms with Crippen LogP contribution < -0.4 is 11.1 Å². The molecular formula is C6H10N2O2. The van der Waals surface area contributed by atoms with Gasteiger partial charge in [0.15, 0.2) is 6.61 Å². The molecular weight excluding hydrogens is 132 g/mol. The zero-order chi connectivity index (χ0) is 7.82. The fourth-order valence-electron chi connectivity index (χ4n) is 0.332. The molecule has 0 aliphatic heterocycles. The van der Waals surface area contributed by atoms with Gasteiger partial charge in [0.1, 0.15) is 0 Å². The first-order valence-corrected chi connectivity index (χ1v) is 2.85. The molecule has 0 fully saturated rings. The maximum Gasteiger partial charge on any atom is 0.408 e. The number of alkyl carbamates (subject to hydrolysis) is 1. The summed E-state index contributed by atoms with van der Waals surface area (Å²) in [5.74, 6) is 2.16. The molecule has 0 saturated heterocycles. The van der Waals surface area contributed by atoms with Crippen molar-refractivity contribution in [2.45, 2.75) is 0 Å². The third-order valence-electron chi connectivity index (χ3n) is 0.700. The van der Waals surface area contributed by atoms with Crippen LogP contribution >= 0.6 is 0 Å². The van der Waals surface area contributed by atoms with E-state index in [1.54, 1.807) is 0 Å². The average molecular weight is 142 g/mol. The van der Waals surface area contributed by atoms with Crippen LogP contribution in [-0.4, -0.2) is 25.8 Å². The van der Waals surface area contributed by atoms with Crippen LogP contribution in [0.3, 0.4) is 0 Å².